The van der Waals surface area contributed by atoms with Gasteiger partial charge in [0, 0.05) is 42.3 Å². The van der Waals surface area contributed by atoms with E-state index in [4.69, 9.17) is 4.74 Å². The van der Waals surface area contributed by atoms with Gasteiger partial charge >= 0.3 is 6.03 Å². The van der Waals surface area contributed by atoms with Crippen LogP contribution in [0.1, 0.15) is 18.9 Å². The van der Waals surface area contributed by atoms with Crippen LogP contribution in [0.25, 0.3) is 10.9 Å². The van der Waals surface area contributed by atoms with Gasteiger partial charge in [0.05, 0.1) is 12.6 Å². The van der Waals surface area contributed by atoms with Crippen LogP contribution in [0, 0.1) is 0 Å². The Bertz CT molecular complexity index is 1030. The third-order valence-electron chi connectivity index (χ3n) is 5.27. The number of H-pyrrole nitrogens is 1. The highest BCUT2D eigenvalue weighted by atomic mass is 16.5. The number of benzene rings is 2. The maximum atomic E-state index is 12.4. The van der Waals surface area contributed by atoms with Gasteiger partial charge in [-0.25, -0.2) is 4.79 Å². The van der Waals surface area contributed by atoms with Crippen LogP contribution in [0.2, 0.25) is 0 Å². The van der Waals surface area contributed by atoms with Crippen molar-refractivity contribution in [1.29, 1.82) is 0 Å². The van der Waals surface area contributed by atoms with Gasteiger partial charge in [0.1, 0.15) is 5.75 Å². The summed E-state index contributed by atoms with van der Waals surface area (Å²) >= 11 is 0. The van der Waals surface area contributed by atoms with Gasteiger partial charge in [-0.15, -0.1) is 0 Å². The number of carbonyl (C=O) groups is 2. The van der Waals surface area contributed by atoms with Crippen molar-refractivity contribution in [3.05, 3.63) is 60.3 Å². The fourth-order valence-electron chi connectivity index (χ4n) is 3.83. The first-order valence-electron chi connectivity index (χ1n) is 10.3. The lowest BCUT2D eigenvalue weighted by Crippen LogP contribution is -2.43. The van der Waals surface area contributed by atoms with Gasteiger partial charge in [-0.3, -0.25) is 4.79 Å². The van der Waals surface area contributed by atoms with Crippen LogP contribution in [-0.2, 0) is 11.2 Å². The summed E-state index contributed by atoms with van der Waals surface area (Å²) in [6, 6.07) is 15.1. The normalized spacial score (nSPS) is 16.1. The minimum Gasteiger partial charge on any atom is -0.494 e. The van der Waals surface area contributed by atoms with Crippen molar-refractivity contribution in [2.75, 3.05) is 24.6 Å². The monoisotopic (exact) mass is 406 g/mol. The molecule has 1 fully saturated rings. The molecule has 7 heteroatoms. The van der Waals surface area contributed by atoms with E-state index in [1.807, 2.05) is 55.6 Å². The molecule has 3 aromatic rings. The summed E-state index contributed by atoms with van der Waals surface area (Å²) in [7, 11) is 0. The first kappa shape index (κ1) is 19.8. The lowest BCUT2D eigenvalue weighted by molar-refractivity contribution is -0.117. The number of aromatic nitrogens is 1. The number of hydrogen-bond acceptors (Lipinski definition) is 3. The molecule has 2 heterocycles. The van der Waals surface area contributed by atoms with Gasteiger partial charge < -0.3 is 25.3 Å². The molecule has 1 aliphatic rings. The van der Waals surface area contributed by atoms with Crippen LogP contribution < -0.4 is 20.3 Å². The standard InChI is InChI=1S/C23H26N4O3/c1-2-30-19-9-7-18(8-10-19)27-15-17(13-22(27)28)26-23(29)24-12-11-16-14-25-21-6-4-3-5-20(16)21/h3-10,14,17,25H,2,11-13,15H2,1H3,(H2,24,26,29). The van der Waals surface area contributed by atoms with E-state index in [-0.39, 0.29) is 18.0 Å². The Morgan fingerprint density at radius 2 is 2.00 bits per heavy atom. The van der Waals surface area contributed by atoms with Crippen LogP contribution in [-0.4, -0.2) is 42.7 Å². The van der Waals surface area contributed by atoms with Gasteiger partial charge in [-0.05, 0) is 49.2 Å². The second-order valence-corrected chi connectivity index (χ2v) is 7.34. The Morgan fingerprint density at radius 1 is 1.20 bits per heavy atom. The number of carbonyl (C=O) groups excluding carboxylic acids is 2. The number of ether oxygens (including phenoxy) is 1. The number of para-hydroxylation sites is 1. The van der Waals surface area contributed by atoms with Crippen molar-refractivity contribution in [2.45, 2.75) is 25.8 Å². The van der Waals surface area contributed by atoms with Crippen molar-refractivity contribution in [3.8, 4) is 5.75 Å². The van der Waals surface area contributed by atoms with E-state index in [2.05, 4.69) is 21.7 Å². The minimum absolute atomic E-state index is 0.00301. The average molecular weight is 406 g/mol. The molecule has 1 aromatic heterocycles. The second-order valence-electron chi connectivity index (χ2n) is 7.34. The molecular formula is C23H26N4O3. The van der Waals surface area contributed by atoms with Crippen molar-refractivity contribution >= 4 is 28.5 Å². The van der Waals surface area contributed by atoms with E-state index in [0.717, 1.165) is 23.4 Å². The minimum atomic E-state index is -0.249. The number of aromatic amines is 1. The van der Waals surface area contributed by atoms with Crippen LogP contribution in [0.5, 0.6) is 5.75 Å². The maximum absolute atomic E-state index is 12.4. The molecule has 0 aliphatic carbocycles. The molecule has 0 bridgehead atoms. The summed E-state index contributed by atoms with van der Waals surface area (Å²) in [5, 5.41) is 6.98. The van der Waals surface area contributed by atoms with Gasteiger partial charge in [-0.2, -0.15) is 0 Å². The number of rotatable bonds is 7. The zero-order chi connectivity index (χ0) is 20.9. The molecule has 4 rings (SSSR count). The molecule has 0 radical (unpaired) electrons. The average Bonchev–Trinajstić information content (AvgIpc) is 3.32. The van der Waals surface area contributed by atoms with E-state index < -0.39 is 0 Å². The molecule has 0 spiro atoms. The van der Waals surface area contributed by atoms with E-state index >= 15 is 0 Å². The zero-order valence-electron chi connectivity index (χ0n) is 17.0. The maximum Gasteiger partial charge on any atom is 0.315 e. The molecule has 0 saturated carbocycles. The Morgan fingerprint density at radius 3 is 2.80 bits per heavy atom. The third-order valence-corrected chi connectivity index (χ3v) is 5.27. The highest BCUT2D eigenvalue weighted by Crippen LogP contribution is 2.24. The highest BCUT2D eigenvalue weighted by molar-refractivity contribution is 5.96. The van der Waals surface area contributed by atoms with E-state index in [1.54, 1.807) is 4.90 Å². The summed E-state index contributed by atoms with van der Waals surface area (Å²) in [5.74, 6) is 0.778. The Kier molecular flexibility index (Phi) is 5.88. The summed E-state index contributed by atoms with van der Waals surface area (Å²) in [6.07, 6.45) is 3.01. The molecular weight excluding hydrogens is 380 g/mol. The van der Waals surface area contributed by atoms with Crippen LogP contribution >= 0.6 is 0 Å². The molecule has 1 aliphatic heterocycles. The number of nitrogens with one attached hydrogen (secondary N) is 3. The number of nitrogens with zero attached hydrogens (tertiary/aromatic N) is 1. The number of hydrogen-bond donors (Lipinski definition) is 3. The molecule has 30 heavy (non-hydrogen) atoms. The van der Waals surface area contributed by atoms with Gasteiger partial charge in [0.15, 0.2) is 0 Å². The molecule has 1 saturated heterocycles. The fourth-order valence-corrected chi connectivity index (χ4v) is 3.83. The fraction of sp³-hybridized carbons (Fsp3) is 0.304. The van der Waals surface area contributed by atoms with E-state index in [1.165, 1.54) is 10.9 Å². The van der Waals surface area contributed by atoms with Gasteiger partial charge in [0.25, 0.3) is 0 Å². The third kappa shape index (κ3) is 4.40. The molecule has 2 aromatic carbocycles. The van der Waals surface area contributed by atoms with Crippen molar-refractivity contribution in [3.63, 3.8) is 0 Å². The van der Waals surface area contributed by atoms with Crippen molar-refractivity contribution in [2.24, 2.45) is 0 Å². The number of anilines is 1. The van der Waals surface area contributed by atoms with Crippen molar-refractivity contribution < 1.29 is 14.3 Å². The topological polar surface area (TPSA) is 86.5 Å². The first-order chi connectivity index (χ1) is 14.6. The summed E-state index contributed by atoms with van der Waals surface area (Å²) in [4.78, 5) is 29.6. The quantitative estimate of drug-likeness (QED) is 0.563. The molecule has 3 N–H and O–H groups in total. The molecule has 156 valence electrons. The van der Waals surface area contributed by atoms with E-state index in [0.29, 0.717) is 26.1 Å². The van der Waals surface area contributed by atoms with Crippen molar-refractivity contribution in [1.82, 2.24) is 15.6 Å². The highest BCUT2D eigenvalue weighted by Gasteiger charge is 2.31. The van der Waals surface area contributed by atoms with Crippen LogP contribution in [0.15, 0.2) is 54.7 Å². The second kappa shape index (κ2) is 8.90. The summed E-state index contributed by atoms with van der Waals surface area (Å²) in [6.45, 7) is 3.52. The predicted molar refractivity (Wildman–Crippen MR) is 117 cm³/mol. The Labute approximate surface area is 175 Å². The smallest absolute Gasteiger partial charge is 0.315 e. The number of amides is 3. The SMILES string of the molecule is CCOc1ccc(N2CC(NC(=O)NCCc3c[nH]c4ccccc34)CC2=O)cc1. The van der Waals surface area contributed by atoms with Gasteiger partial charge in [-0.1, -0.05) is 18.2 Å². The van der Waals surface area contributed by atoms with Crippen LogP contribution in [0.3, 0.4) is 0 Å². The summed E-state index contributed by atoms with van der Waals surface area (Å²) < 4.78 is 5.44. The predicted octanol–water partition coefficient (Wildman–Crippen LogP) is 3.21. The van der Waals surface area contributed by atoms with E-state index in [9.17, 15) is 9.59 Å². The van der Waals surface area contributed by atoms with Gasteiger partial charge in [0.2, 0.25) is 5.91 Å². The van der Waals surface area contributed by atoms with Crippen LogP contribution in [0.4, 0.5) is 10.5 Å². The summed E-state index contributed by atoms with van der Waals surface area (Å²) in [5.41, 5.74) is 3.08. The lowest BCUT2D eigenvalue weighted by atomic mass is 10.1. The Balaban J connectivity index is 1.26. The molecule has 1 unspecified atom stereocenters. The first-order valence-corrected chi connectivity index (χ1v) is 10.3. The Hall–Kier alpha value is -3.48. The number of fused-ring (bicyclic) bond motifs is 1. The lowest BCUT2D eigenvalue weighted by Gasteiger charge is -2.18. The molecule has 3 amide bonds. The molecule has 7 nitrogen and oxygen atoms in total. The number of urea groups is 1. The molecule has 1 atom stereocenters. The zero-order valence-corrected chi connectivity index (χ0v) is 17.0. The largest absolute Gasteiger partial charge is 0.494 e.